The lowest BCUT2D eigenvalue weighted by molar-refractivity contribution is -0.145. The molecule has 4 heterocycles. The molecule has 2 fully saturated rings. The van der Waals surface area contributed by atoms with Gasteiger partial charge in [0.15, 0.2) is 16.7 Å². The van der Waals surface area contributed by atoms with Gasteiger partial charge in [-0.25, -0.2) is 14.4 Å². The average Bonchev–Trinajstić information content (AvgIpc) is 4.04. The molecule has 2 aromatic heterocycles. The molecule has 0 bridgehead atoms. The zero-order chi connectivity index (χ0) is 46.2. The first-order valence-electron chi connectivity index (χ1n) is 21.4. The van der Waals surface area contributed by atoms with Gasteiger partial charge in [0.2, 0.25) is 23.5 Å². The van der Waals surface area contributed by atoms with Crippen LogP contribution in [0.4, 0.5) is 13.9 Å². The van der Waals surface area contributed by atoms with E-state index < -0.39 is 52.8 Å². The highest BCUT2D eigenvalue weighted by Gasteiger charge is 2.52. The van der Waals surface area contributed by atoms with Gasteiger partial charge in [0.1, 0.15) is 12.8 Å². The summed E-state index contributed by atoms with van der Waals surface area (Å²) in [5.74, 6) is -3.68. The van der Waals surface area contributed by atoms with Gasteiger partial charge in [0.05, 0.1) is 71.9 Å². The summed E-state index contributed by atoms with van der Waals surface area (Å²) in [5, 5.41) is 33.9. The first-order chi connectivity index (χ1) is 30.5. The van der Waals surface area contributed by atoms with Gasteiger partial charge in [-0.3, -0.25) is 19.3 Å². The van der Waals surface area contributed by atoms with E-state index in [1.807, 2.05) is 58.9 Å². The average molecular weight is 928 g/mol. The molecule has 2 aliphatic rings. The summed E-state index contributed by atoms with van der Waals surface area (Å²) in [6.07, 6.45) is -2.48. The second-order valence-electron chi connectivity index (χ2n) is 17.3. The number of halogens is 2. The number of hydrogen-bond donors (Lipinski definition) is 5. The maximum absolute atomic E-state index is 14.9. The molecule has 5 N–H and O–H groups in total. The third-order valence-corrected chi connectivity index (χ3v) is 13.8. The number of hydrogen-bond acceptors (Lipinski definition) is 14. The summed E-state index contributed by atoms with van der Waals surface area (Å²) in [4.78, 5) is 53.5. The lowest BCUT2D eigenvalue weighted by atomic mass is 9.72. The van der Waals surface area contributed by atoms with Gasteiger partial charge < -0.3 is 45.3 Å². The van der Waals surface area contributed by atoms with E-state index in [1.165, 1.54) is 22.3 Å². The Morgan fingerprint density at radius 1 is 1.00 bits per heavy atom. The summed E-state index contributed by atoms with van der Waals surface area (Å²) < 4.78 is 45.7. The number of carbonyl (C=O) groups is 3. The molecule has 2 aliphatic heterocycles. The monoisotopic (exact) mass is 927 g/mol. The molecule has 64 heavy (non-hydrogen) atoms. The molecule has 4 aromatic rings. The Balaban J connectivity index is 0.941. The van der Waals surface area contributed by atoms with Crippen molar-refractivity contribution in [2.75, 3.05) is 64.1 Å². The molecule has 0 saturated carbocycles. The first kappa shape index (κ1) is 48.8. The molecule has 3 amide bonds. The number of aryl methyl sites for hydroxylation is 1. The van der Waals surface area contributed by atoms with Gasteiger partial charge in [-0.15, -0.1) is 22.7 Å². The summed E-state index contributed by atoms with van der Waals surface area (Å²) in [6, 6.07) is 9.12. The predicted molar refractivity (Wildman–Crippen MR) is 241 cm³/mol. The molecule has 19 heteroatoms. The smallest absolute Gasteiger partial charge is 0.238 e. The Kier molecular flexibility index (Phi) is 16.5. The second-order valence-corrected chi connectivity index (χ2v) is 19.0. The molecule has 2 saturated heterocycles. The van der Waals surface area contributed by atoms with Crippen molar-refractivity contribution in [1.29, 1.82) is 0 Å². The van der Waals surface area contributed by atoms with Crippen LogP contribution in [0.2, 0.25) is 0 Å². The minimum absolute atomic E-state index is 0.0144. The number of nitrogens with zero attached hydrogens (tertiary/aromatic N) is 4. The maximum Gasteiger partial charge on any atom is 0.238 e. The van der Waals surface area contributed by atoms with Gasteiger partial charge in [-0.05, 0) is 55.9 Å². The SMILES string of the molecule is Cc1ncsc1-c1ccc([C@H](C)NC(=O)[C@@H]2C[C@@H](O)CN2C(O)[C@](C)(NC(=O)CCC(=O)NCCOCCOc2c(-c3csc(N4CCOCC4)n3)ccc(F)c2F)C(C)(C)C)cc1. The van der Waals surface area contributed by atoms with Crippen LogP contribution in [-0.4, -0.2) is 126 Å². The third-order valence-electron chi connectivity index (χ3n) is 11.9. The highest BCUT2D eigenvalue weighted by molar-refractivity contribution is 7.14. The molecule has 5 atom stereocenters. The predicted octanol–water partition coefficient (Wildman–Crippen LogP) is 5.20. The standard InChI is InChI=1S/C45H59F2N7O8S2/c1-27(29-7-9-30(10-8-29)40-28(2)49-26-64-40)50-41(58)35-23-31(55)24-54(35)42(59)45(6,44(3,4)5)52-37(57)14-13-36(56)48-15-18-60-21-22-62-39-32(11-12-33(46)38(39)47)34-25-63-43(51-34)53-16-19-61-20-17-53/h7-12,25-27,31,35,42,55,59H,13-24H2,1-6H3,(H,48,56)(H,50,58)(H,52,57)/t27-,31+,35-,42?,45-/m0/s1. The van der Waals surface area contributed by atoms with Crippen LogP contribution < -0.4 is 25.6 Å². The van der Waals surface area contributed by atoms with Crippen LogP contribution in [0.25, 0.3) is 21.7 Å². The van der Waals surface area contributed by atoms with Crippen molar-refractivity contribution in [2.45, 2.75) is 90.8 Å². The molecule has 348 valence electrons. The number of benzene rings is 2. The number of aliphatic hydroxyl groups excluding tert-OH is 2. The maximum atomic E-state index is 14.9. The summed E-state index contributed by atoms with van der Waals surface area (Å²) >= 11 is 2.96. The second kappa shape index (κ2) is 21.6. The number of carbonyl (C=O) groups excluding carboxylic acids is 3. The lowest BCUT2D eigenvalue weighted by Gasteiger charge is -2.49. The highest BCUT2D eigenvalue weighted by Crippen LogP contribution is 2.39. The largest absolute Gasteiger partial charge is 0.487 e. The number of aliphatic hydroxyl groups is 2. The van der Waals surface area contributed by atoms with Crippen LogP contribution in [0.5, 0.6) is 5.75 Å². The van der Waals surface area contributed by atoms with Crippen LogP contribution in [0.3, 0.4) is 0 Å². The van der Waals surface area contributed by atoms with E-state index in [9.17, 15) is 33.4 Å². The topological polar surface area (TPSA) is 188 Å². The highest BCUT2D eigenvalue weighted by atomic mass is 32.1. The first-order valence-corrected chi connectivity index (χ1v) is 23.2. The van der Waals surface area contributed by atoms with Crippen molar-refractivity contribution in [3.05, 3.63) is 70.2 Å². The number of anilines is 1. The van der Waals surface area contributed by atoms with E-state index in [0.29, 0.717) is 37.6 Å². The minimum Gasteiger partial charge on any atom is -0.487 e. The number of amides is 3. The Bertz CT molecular complexity index is 2210. The molecule has 15 nitrogen and oxygen atoms in total. The fourth-order valence-corrected chi connectivity index (χ4v) is 9.32. The van der Waals surface area contributed by atoms with Crippen molar-refractivity contribution in [1.82, 2.24) is 30.8 Å². The summed E-state index contributed by atoms with van der Waals surface area (Å²) in [7, 11) is 0. The normalized spacial score (nSPS) is 18.9. The number of thiazole rings is 2. The molecule has 0 spiro atoms. The zero-order valence-corrected chi connectivity index (χ0v) is 38.8. The molecule has 2 aromatic carbocycles. The Hall–Kier alpha value is -4.63. The quantitative estimate of drug-likeness (QED) is 0.0776. The van der Waals surface area contributed by atoms with E-state index in [0.717, 1.165) is 32.9 Å². The van der Waals surface area contributed by atoms with Crippen LogP contribution in [0, 0.1) is 24.0 Å². The lowest BCUT2D eigenvalue weighted by Crippen LogP contribution is -2.68. The molecular weight excluding hydrogens is 869 g/mol. The van der Waals surface area contributed by atoms with Crippen LogP contribution in [0.15, 0.2) is 47.3 Å². The van der Waals surface area contributed by atoms with Crippen LogP contribution in [0.1, 0.15) is 71.2 Å². The number of rotatable bonds is 19. The van der Waals surface area contributed by atoms with Crippen molar-refractivity contribution in [2.24, 2.45) is 5.41 Å². The number of ether oxygens (including phenoxy) is 3. The third kappa shape index (κ3) is 11.8. The van der Waals surface area contributed by atoms with Crippen molar-refractivity contribution in [3.63, 3.8) is 0 Å². The summed E-state index contributed by atoms with van der Waals surface area (Å²) in [6.45, 7) is 13.8. The number of nitrogens with one attached hydrogen (secondary N) is 3. The number of aromatic nitrogens is 2. The molecular formula is C45H59F2N7O8S2. The zero-order valence-electron chi connectivity index (χ0n) is 37.1. The fraction of sp³-hybridized carbons (Fsp3) is 0.533. The van der Waals surface area contributed by atoms with Crippen LogP contribution in [-0.2, 0) is 23.9 Å². The van der Waals surface area contributed by atoms with Gasteiger partial charge in [0, 0.05) is 50.0 Å². The Morgan fingerprint density at radius 3 is 2.41 bits per heavy atom. The Morgan fingerprint density at radius 2 is 1.72 bits per heavy atom. The van der Waals surface area contributed by atoms with E-state index >= 15 is 0 Å². The Labute approximate surface area is 380 Å². The number of β-amino-alcohol motifs (C(OH)–C–C–N with tert-alkyl or cyclic N) is 1. The summed E-state index contributed by atoms with van der Waals surface area (Å²) in [5.41, 5.74) is 3.41. The van der Waals surface area contributed by atoms with Gasteiger partial charge >= 0.3 is 0 Å². The van der Waals surface area contributed by atoms with Gasteiger partial charge in [0.25, 0.3) is 0 Å². The molecule has 0 radical (unpaired) electrons. The number of morpholine rings is 1. The van der Waals surface area contributed by atoms with Crippen molar-refractivity contribution in [3.8, 4) is 27.4 Å². The van der Waals surface area contributed by atoms with E-state index in [-0.39, 0.29) is 69.9 Å². The van der Waals surface area contributed by atoms with Crippen molar-refractivity contribution < 1.29 is 47.6 Å². The van der Waals surface area contributed by atoms with E-state index in [2.05, 4.69) is 30.8 Å². The molecule has 1 unspecified atom stereocenters. The van der Waals surface area contributed by atoms with E-state index in [4.69, 9.17) is 14.2 Å². The van der Waals surface area contributed by atoms with Crippen LogP contribution >= 0.6 is 22.7 Å². The molecule has 6 rings (SSSR count). The van der Waals surface area contributed by atoms with Crippen molar-refractivity contribution >= 4 is 45.5 Å². The minimum atomic E-state index is -1.37. The molecule has 0 aliphatic carbocycles. The number of likely N-dealkylation sites (tertiary alicyclic amines) is 1. The van der Waals surface area contributed by atoms with E-state index in [1.54, 1.807) is 29.2 Å². The fourth-order valence-electron chi connectivity index (χ4n) is 7.63. The van der Waals surface area contributed by atoms with Gasteiger partial charge in [-0.1, -0.05) is 45.0 Å². The van der Waals surface area contributed by atoms with Gasteiger partial charge in [-0.2, -0.15) is 4.39 Å².